The summed E-state index contributed by atoms with van der Waals surface area (Å²) in [4.78, 5) is 37.6. The molecule has 2 aromatic rings. The standard InChI is InChI=1S/C17H15NO4/c1-9-2-4-10(5-3-9)11-6-14-12(15(19)7-11)8-13(17(21)22)16(20)18-14/h2-5,8,11H,6-7H2,1H3,(H,18,20)(H,21,22)/t11-/m0/s1. The van der Waals surface area contributed by atoms with Crippen LogP contribution < -0.4 is 5.56 Å². The molecule has 5 nitrogen and oxygen atoms in total. The predicted molar refractivity (Wildman–Crippen MR) is 80.6 cm³/mol. The number of carboxylic acid groups (broad SMARTS) is 1. The van der Waals surface area contributed by atoms with Gasteiger partial charge in [-0.2, -0.15) is 0 Å². The lowest BCUT2D eigenvalue weighted by atomic mass is 9.81. The van der Waals surface area contributed by atoms with Crippen molar-refractivity contribution < 1.29 is 14.7 Å². The van der Waals surface area contributed by atoms with Crippen molar-refractivity contribution in [1.82, 2.24) is 4.98 Å². The summed E-state index contributed by atoms with van der Waals surface area (Å²) >= 11 is 0. The first-order valence-electron chi connectivity index (χ1n) is 7.05. The van der Waals surface area contributed by atoms with E-state index in [0.29, 0.717) is 24.1 Å². The van der Waals surface area contributed by atoms with Gasteiger partial charge in [0.25, 0.3) is 5.56 Å². The second-order valence-electron chi connectivity index (χ2n) is 5.65. The van der Waals surface area contributed by atoms with Gasteiger partial charge in [-0.15, -0.1) is 0 Å². The van der Waals surface area contributed by atoms with Crippen LogP contribution >= 0.6 is 0 Å². The number of aromatic nitrogens is 1. The van der Waals surface area contributed by atoms with Crippen molar-refractivity contribution in [3.05, 3.63) is 68.6 Å². The summed E-state index contributed by atoms with van der Waals surface area (Å²) in [6.45, 7) is 2.00. The van der Waals surface area contributed by atoms with Crippen LogP contribution in [0.5, 0.6) is 0 Å². The zero-order chi connectivity index (χ0) is 15.9. The number of pyridine rings is 1. The fourth-order valence-electron chi connectivity index (χ4n) is 2.86. The van der Waals surface area contributed by atoms with Crippen molar-refractivity contribution in [1.29, 1.82) is 0 Å². The molecule has 1 aromatic carbocycles. The Labute approximate surface area is 126 Å². The van der Waals surface area contributed by atoms with Crippen LogP contribution in [0.1, 0.15) is 49.9 Å². The van der Waals surface area contributed by atoms with Gasteiger partial charge in [0.05, 0.1) is 0 Å². The van der Waals surface area contributed by atoms with Gasteiger partial charge in [0.2, 0.25) is 0 Å². The van der Waals surface area contributed by atoms with Crippen molar-refractivity contribution in [3.8, 4) is 0 Å². The summed E-state index contributed by atoms with van der Waals surface area (Å²) in [5.74, 6) is -1.45. The number of benzene rings is 1. The van der Waals surface area contributed by atoms with E-state index >= 15 is 0 Å². The summed E-state index contributed by atoms with van der Waals surface area (Å²) in [5, 5.41) is 8.98. The third-order valence-corrected chi connectivity index (χ3v) is 4.08. The van der Waals surface area contributed by atoms with Gasteiger partial charge in [0, 0.05) is 17.7 Å². The topological polar surface area (TPSA) is 87.2 Å². The molecular weight excluding hydrogens is 282 g/mol. The smallest absolute Gasteiger partial charge is 0.341 e. The quantitative estimate of drug-likeness (QED) is 0.890. The molecule has 0 unspecified atom stereocenters. The van der Waals surface area contributed by atoms with E-state index in [4.69, 9.17) is 5.11 Å². The highest BCUT2D eigenvalue weighted by Gasteiger charge is 2.28. The van der Waals surface area contributed by atoms with Crippen molar-refractivity contribution in [2.24, 2.45) is 0 Å². The van der Waals surface area contributed by atoms with Gasteiger partial charge in [-0.1, -0.05) is 29.8 Å². The summed E-state index contributed by atoms with van der Waals surface area (Å²) in [6.07, 6.45) is 0.848. The van der Waals surface area contributed by atoms with Gasteiger partial charge in [-0.25, -0.2) is 4.79 Å². The summed E-state index contributed by atoms with van der Waals surface area (Å²) in [6, 6.07) is 9.16. The van der Waals surface area contributed by atoms with Crippen LogP contribution in [-0.4, -0.2) is 21.8 Å². The Kier molecular flexibility index (Phi) is 3.41. The number of fused-ring (bicyclic) bond motifs is 1. The molecule has 112 valence electrons. The molecule has 3 rings (SSSR count). The Bertz CT molecular complexity index is 818. The third kappa shape index (κ3) is 2.45. The van der Waals surface area contributed by atoms with Crippen molar-refractivity contribution in [3.63, 3.8) is 0 Å². The Morgan fingerprint density at radius 3 is 2.50 bits per heavy atom. The molecule has 2 N–H and O–H groups in total. The van der Waals surface area contributed by atoms with Crippen LogP contribution in [0.4, 0.5) is 0 Å². The molecule has 1 atom stereocenters. The van der Waals surface area contributed by atoms with E-state index in [1.165, 1.54) is 6.07 Å². The number of aromatic amines is 1. The zero-order valence-electron chi connectivity index (χ0n) is 12.1. The van der Waals surface area contributed by atoms with E-state index in [-0.39, 0.29) is 17.3 Å². The molecule has 1 aromatic heterocycles. The third-order valence-electron chi connectivity index (χ3n) is 4.08. The van der Waals surface area contributed by atoms with Crippen LogP contribution in [-0.2, 0) is 6.42 Å². The maximum atomic E-state index is 12.3. The Morgan fingerprint density at radius 2 is 1.86 bits per heavy atom. The highest BCUT2D eigenvalue weighted by Crippen LogP contribution is 2.31. The Morgan fingerprint density at radius 1 is 1.18 bits per heavy atom. The number of hydrogen-bond acceptors (Lipinski definition) is 3. The number of Topliss-reactive ketones (excluding diaryl/α,β-unsaturated/α-hetero) is 1. The maximum absolute atomic E-state index is 12.3. The van der Waals surface area contributed by atoms with Gasteiger partial charge >= 0.3 is 5.97 Å². The van der Waals surface area contributed by atoms with Crippen LogP contribution in [0.15, 0.2) is 35.1 Å². The number of aryl methyl sites for hydroxylation is 1. The van der Waals surface area contributed by atoms with Crippen molar-refractivity contribution in [2.75, 3.05) is 0 Å². The van der Waals surface area contributed by atoms with E-state index in [0.717, 1.165) is 11.1 Å². The van der Waals surface area contributed by atoms with Crippen LogP contribution in [0, 0.1) is 6.92 Å². The number of aromatic carboxylic acids is 1. The largest absolute Gasteiger partial charge is 0.477 e. The van der Waals surface area contributed by atoms with E-state index < -0.39 is 11.5 Å². The molecule has 0 radical (unpaired) electrons. The van der Waals surface area contributed by atoms with Crippen molar-refractivity contribution in [2.45, 2.75) is 25.7 Å². The number of ketones is 1. The predicted octanol–water partition coefficient (Wildman–Crippen LogP) is 2.29. The minimum Gasteiger partial charge on any atom is -0.477 e. The van der Waals surface area contributed by atoms with E-state index in [1.807, 2.05) is 31.2 Å². The highest BCUT2D eigenvalue weighted by atomic mass is 16.4. The number of carbonyl (C=O) groups is 2. The normalized spacial score (nSPS) is 17.1. The van der Waals surface area contributed by atoms with Gasteiger partial charge in [-0.05, 0) is 30.9 Å². The number of H-pyrrole nitrogens is 1. The summed E-state index contributed by atoms with van der Waals surface area (Å²) in [5.41, 5.74) is 1.99. The number of carbonyl (C=O) groups excluding carboxylic acids is 1. The molecule has 0 spiro atoms. The summed E-state index contributed by atoms with van der Waals surface area (Å²) < 4.78 is 0. The average Bonchev–Trinajstić information content (AvgIpc) is 2.46. The molecule has 0 bridgehead atoms. The lowest BCUT2D eigenvalue weighted by Gasteiger charge is -2.24. The number of hydrogen-bond donors (Lipinski definition) is 2. The van der Waals surface area contributed by atoms with E-state index in [2.05, 4.69) is 4.98 Å². The average molecular weight is 297 g/mol. The zero-order valence-corrected chi connectivity index (χ0v) is 12.1. The fourth-order valence-corrected chi connectivity index (χ4v) is 2.86. The maximum Gasteiger partial charge on any atom is 0.341 e. The molecule has 1 aliphatic rings. The van der Waals surface area contributed by atoms with Crippen molar-refractivity contribution >= 4 is 11.8 Å². The number of nitrogens with one attached hydrogen (secondary N) is 1. The lowest BCUT2D eigenvalue weighted by Crippen LogP contribution is -2.27. The van der Waals surface area contributed by atoms with Gasteiger partial charge < -0.3 is 10.1 Å². The van der Waals surface area contributed by atoms with E-state index in [1.54, 1.807) is 0 Å². The number of rotatable bonds is 2. The Hall–Kier alpha value is -2.69. The van der Waals surface area contributed by atoms with E-state index in [9.17, 15) is 14.4 Å². The van der Waals surface area contributed by atoms with Gasteiger partial charge in [0.1, 0.15) is 5.56 Å². The molecule has 0 saturated heterocycles. The SMILES string of the molecule is Cc1ccc([C@@H]2CC(=O)c3cc(C(=O)O)c(=O)[nH]c3C2)cc1. The molecule has 1 heterocycles. The molecule has 22 heavy (non-hydrogen) atoms. The minimum absolute atomic E-state index is 0.00641. The molecular formula is C17H15NO4. The van der Waals surface area contributed by atoms with Crippen LogP contribution in [0.3, 0.4) is 0 Å². The van der Waals surface area contributed by atoms with Gasteiger partial charge in [-0.3, -0.25) is 9.59 Å². The molecule has 0 amide bonds. The van der Waals surface area contributed by atoms with Gasteiger partial charge in [0.15, 0.2) is 5.78 Å². The highest BCUT2D eigenvalue weighted by molar-refractivity contribution is 6.00. The lowest BCUT2D eigenvalue weighted by molar-refractivity contribution is 0.0695. The van der Waals surface area contributed by atoms with Crippen LogP contribution in [0.2, 0.25) is 0 Å². The first kappa shape index (κ1) is 14.3. The monoisotopic (exact) mass is 297 g/mol. The Balaban J connectivity index is 2.01. The molecule has 0 saturated carbocycles. The first-order valence-corrected chi connectivity index (χ1v) is 7.05. The fraction of sp³-hybridized carbons (Fsp3) is 0.235. The minimum atomic E-state index is -1.32. The molecule has 0 fully saturated rings. The second-order valence-corrected chi connectivity index (χ2v) is 5.65. The molecule has 5 heteroatoms. The molecule has 1 aliphatic carbocycles. The first-order chi connectivity index (χ1) is 10.5. The summed E-state index contributed by atoms with van der Waals surface area (Å²) in [7, 11) is 0. The number of carboxylic acids is 1. The molecule has 0 aliphatic heterocycles. The van der Waals surface area contributed by atoms with Crippen LogP contribution in [0.25, 0.3) is 0 Å². The second kappa shape index (κ2) is 5.26.